The minimum absolute atomic E-state index is 0.229. The lowest BCUT2D eigenvalue weighted by atomic mass is 9.78. The molecule has 2 aliphatic rings. The van der Waals surface area contributed by atoms with E-state index in [-0.39, 0.29) is 5.91 Å². The molecule has 2 heterocycles. The molecule has 1 aliphatic heterocycles. The number of methoxy groups -OCH3 is 1. The van der Waals surface area contributed by atoms with Gasteiger partial charge in [0.15, 0.2) is 5.82 Å². The molecule has 6 nitrogen and oxygen atoms in total. The minimum Gasteiger partial charge on any atom is -0.497 e. The molecule has 7 heteroatoms. The number of nitrogens with zero attached hydrogens (tertiary/aromatic N) is 3. The fourth-order valence-corrected chi connectivity index (χ4v) is 5.02. The molecule has 0 spiro atoms. The van der Waals surface area contributed by atoms with E-state index in [1.54, 1.807) is 7.11 Å². The van der Waals surface area contributed by atoms with Crippen molar-refractivity contribution >= 4 is 17.7 Å². The van der Waals surface area contributed by atoms with E-state index in [0.717, 1.165) is 24.3 Å². The Morgan fingerprint density at radius 2 is 2.00 bits per heavy atom. The van der Waals surface area contributed by atoms with Crippen LogP contribution in [0.5, 0.6) is 5.75 Å². The average Bonchev–Trinajstić information content (AvgIpc) is 3.20. The van der Waals surface area contributed by atoms with Crippen LogP contribution in [0.2, 0.25) is 0 Å². The number of hydrogen-bond donors (Lipinski definition) is 1. The number of thioether (sulfide) groups is 1. The first-order valence-electron chi connectivity index (χ1n) is 9.73. The highest BCUT2D eigenvalue weighted by atomic mass is 32.2. The first kappa shape index (κ1) is 18.3. The van der Waals surface area contributed by atoms with E-state index < -0.39 is 0 Å². The van der Waals surface area contributed by atoms with Gasteiger partial charge in [-0.25, -0.2) is 4.98 Å². The number of aromatic amines is 1. The van der Waals surface area contributed by atoms with E-state index >= 15 is 0 Å². The first-order valence-corrected chi connectivity index (χ1v) is 10.7. The van der Waals surface area contributed by atoms with Crippen molar-refractivity contribution in [3.05, 3.63) is 24.3 Å². The van der Waals surface area contributed by atoms with Crippen LogP contribution in [-0.4, -0.2) is 51.4 Å². The van der Waals surface area contributed by atoms with E-state index in [0.29, 0.717) is 28.7 Å². The van der Waals surface area contributed by atoms with E-state index in [9.17, 15) is 4.79 Å². The first-order chi connectivity index (χ1) is 13.2. The monoisotopic (exact) mass is 386 g/mol. The molecule has 0 radical (unpaired) electrons. The normalized spacial score (nSPS) is 22.3. The van der Waals surface area contributed by atoms with Crippen molar-refractivity contribution in [2.75, 3.05) is 19.4 Å². The number of likely N-dealkylation sites (tertiary alicyclic amines) is 1. The van der Waals surface area contributed by atoms with E-state index in [4.69, 9.17) is 4.74 Å². The van der Waals surface area contributed by atoms with Crippen LogP contribution in [0.3, 0.4) is 0 Å². The standard InChI is InChI=1S/C20H26N4O2S/c1-26-16-10-8-15(9-11-16)19-21-20(23-22-19)27-13-18(25)24-12-4-6-14-5-2-3-7-17(14)24/h8-11,14,17H,2-7,12-13H2,1H3,(H,21,22,23)/t14-,17+/m0/s1. The van der Waals surface area contributed by atoms with Gasteiger partial charge in [0, 0.05) is 18.2 Å². The lowest BCUT2D eigenvalue weighted by Crippen LogP contribution is -2.50. The molecular weight excluding hydrogens is 360 g/mol. The summed E-state index contributed by atoms with van der Waals surface area (Å²) in [6, 6.07) is 8.13. The van der Waals surface area contributed by atoms with E-state index in [2.05, 4.69) is 20.1 Å². The maximum atomic E-state index is 12.8. The van der Waals surface area contributed by atoms with Crippen molar-refractivity contribution in [2.24, 2.45) is 5.92 Å². The molecule has 1 N–H and O–H groups in total. The van der Waals surface area contributed by atoms with Gasteiger partial charge in [0.2, 0.25) is 11.1 Å². The summed E-state index contributed by atoms with van der Waals surface area (Å²) in [6.07, 6.45) is 7.46. The molecule has 2 aromatic rings. The lowest BCUT2D eigenvalue weighted by Gasteiger charge is -2.44. The summed E-state index contributed by atoms with van der Waals surface area (Å²) < 4.78 is 5.18. The van der Waals surface area contributed by atoms with E-state index in [1.807, 2.05) is 24.3 Å². The smallest absolute Gasteiger partial charge is 0.233 e. The number of rotatable bonds is 5. The van der Waals surface area contributed by atoms with Crippen molar-refractivity contribution in [1.82, 2.24) is 20.1 Å². The predicted octanol–water partition coefficient (Wildman–Crippen LogP) is 3.75. The third-order valence-electron chi connectivity index (χ3n) is 5.72. The molecule has 1 amide bonds. The Balaban J connectivity index is 1.35. The van der Waals surface area contributed by atoms with Crippen LogP contribution in [0.15, 0.2) is 29.4 Å². The van der Waals surface area contributed by atoms with Crippen LogP contribution < -0.4 is 4.74 Å². The number of carbonyl (C=O) groups is 1. The number of H-pyrrole nitrogens is 1. The van der Waals surface area contributed by atoms with Crippen molar-refractivity contribution in [3.63, 3.8) is 0 Å². The highest BCUT2D eigenvalue weighted by molar-refractivity contribution is 7.99. The summed E-state index contributed by atoms with van der Waals surface area (Å²) >= 11 is 1.42. The fraction of sp³-hybridized carbons (Fsp3) is 0.550. The van der Waals surface area contributed by atoms with Gasteiger partial charge in [-0.15, -0.1) is 5.10 Å². The molecule has 4 rings (SSSR count). The summed E-state index contributed by atoms with van der Waals surface area (Å²) in [5.74, 6) is 2.86. The topological polar surface area (TPSA) is 71.1 Å². The Morgan fingerprint density at radius 1 is 1.22 bits per heavy atom. The van der Waals surface area contributed by atoms with Gasteiger partial charge in [-0.2, -0.15) is 0 Å². The van der Waals surface area contributed by atoms with Crippen LogP contribution in [0.1, 0.15) is 38.5 Å². The second kappa shape index (κ2) is 8.33. The zero-order chi connectivity index (χ0) is 18.6. The highest BCUT2D eigenvalue weighted by Crippen LogP contribution is 2.35. The van der Waals surface area contributed by atoms with Crippen molar-refractivity contribution < 1.29 is 9.53 Å². The number of benzene rings is 1. The molecule has 1 aromatic heterocycles. The van der Waals surface area contributed by atoms with Crippen LogP contribution in [0, 0.1) is 5.92 Å². The number of nitrogens with one attached hydrogen (secondary N) is 1. The third kappa shape index (κ3) is 4.13. The van der Waals surface area contributed by atoms with Gasteiger partial charge in [-0.1, -0.05) is 24.6 Å². The second-order valence-electron chi connectivity index (χ2n) is 7.33. The molecule has 0 bridgehead atoms. The number of aromatic nitrogens is 3. The quantitative estimate of drug-likeness (QED) is 0.793. The number of ether oxygens (including phenoxy) is 1. The summed E-state index contributed by atoms with van der Waals surface area (Å²) in [4.78, 5) is 19.5. The summed E-state index contributed by atoms with van der Waals surface area (Å²) in [6.45, 7) is 0.908. The summed E-state index contributed by atoms with van der Waals surface area (Å²) in [5.41, 5.74) is 0.947. The highest BCUT2D eigenvalue weighted by Gasteiger charge is 2.35. The van der Waals surface area contributed by atoms with Crippen LogP contribution >= 0.6 is 11.8 Å². The maximum absolute atomic E-state index is 12.8. The van der Waals surface area contributed by atoms with Gasteiger partial charge < -0.3 is 9.64 Å². The number of carbonyl (C=O) groups excluding carboxylic acids is 1. The molecule has 27 heavy (non-hydrogen) atoms. The number of piperidine rings is 1. The molecule has 1 saturated heterocycles. The zero-order valence-corrected chi connectivity index (χ0v) is 16.5. The molecule has 1 saturated carbocycles. The lowest BCUT2D eigenvalue weighted by molar-refractivity contribution is -0.134. The maximum Gasteiger partial charge on any atom is 0.233 e. The molecular formula is C20H26N4O2S. The van der Waals surface area contributed by atoms with Gasteiger partial charge in [-0.05, 0) is 55.9 Å². The number of hydrogen-bond acceptors (Lipinski definition) is 5. The molecule has 144 valence electrons. The Kier molecular flexibility index (Phi) is 5.66. The average molecular weight is 387 g/mol. The van der Waals surface area contributed by atoms with Crippen molar-refractivity contribution in [2.45, 2.75) is 49.7 Å². The number of amides is 1. The van der Waals surface area contributed by atoms with Gasteiger partial charge in [-0.3, -0.25) is 9.89 Å². The molecule has 2 fully saturated rings. The molecule has 1 aliphatic carbocycles. The fourth-order valence-electron chi connectivity index (χ4n) is 4.33. The molecule has 1 aromatic carbocycles. The van der Waals surface area contributed by atoms with Gasteiger partial charge in [0.1, 0.15) is 5.75 Å². The van der Waals surface area contributed by atoms with Gasteiger partial charge in [0.25, 0.3) is 0 Å². The predicted molar refractivity (Wildman–Crippen MR) is 106 cm³/mol. The van der Waals surface area contributed by atoms with Gasteiger partial charge >= 0.3 is 0 Å². The van der Waals surface area contributed by atoms with Crippen molar-refractivity contribution in [1.29, 1.82) is 0 Å². The van der Waals surface area contributed by atoms with Crippen molar-refractivity contribution in [3.8, 4) is 17.1 Å². The Bertz CT molecular complexity index is 775. The molecule has 2 atom stereocenters. The third-order valence-corrected chi connectivity index (χ3v) is 6.55. The molecule has 0 unspecified atom stereocenters. The van der Waals surface area contributed by atoms with Crippen LogP contribution in [0.25, 0.3) is 11.4 Å². The second-order valence-corrected chi connectivity index (χ2v) is 8.27. The SMILES string of the molecule is COc1ccc(-c2nc(SCC(=O)N3CCC[C@@H]4CCCC[C@H]43)n[nH]2)cc1. The summed E-state index contributed by atoms with van der Waals surface area (Å²) in [5, 5.41) is 7.84. The Morgan fingerprint density at radius 3 is 2.81 bits per heavy atom. The largest absolute Gasteiger partial charge is 0.497 e. The minimum atomic E-state index is 0.229. The van der Waals surface area contributed by atoms with E-state index in [1.165, 1.54) is 43.9 Å². The number of fused-ring (bicyclic) bond motifs is 1. The van der Waals surface area contributed by atoms with Crippen LogP contribution in [0.4, 0.5) is 0 Å². The Hall–Kier alpha value is -2.02. The summed E-state index contributed by atoms with van der Waals surface area (Å²) in [7, 11) is 1.65. The van der Waals surface area contributed by atoms with Crippen LogP contribution in [-0.2, 0) is 4.79 Å². The zero-order valence-electron chi connectivity index (χ0n) is 15.7. The Labute approximate surface area is 164 Å². The van der Waals surface area contributed by atoms with Gasteiger partial charge in [0.05, 0.1) is 12.9 Å².